The van der Waals surface area contributed by atoms with Gasteiger partial charge in [0.2, 0.25) is 34.9 Å². The lowest BCUT2D eigenvalue weighted by Crippen LogP contribution is -2.23. The number of nitrogens with one attached hydrogen (secondary N) is 2. The number of hydrogen-bond donors (Lipinski definition) is 2. The van der Waals surface area contributed by atoms with E-state index in [4.69, 9.17) is 0 Å². The summed E-state index contributed by atoms with van der Waals surface area (Å²) in [6.07, 6.45) is 1.58. The molecule has 6 aromatic carbocycles. The Hall–Kier alpha value is -11.9. The van der Waals surface area contributed by atoms with Gasteiger partial charge in [-0.3, -0.25) is 0 Å². The molecular formula is C68H20F30N6. The number of aromatic nitrogens is 4. The Balaban J connectivity index is 1.31. The van der Waals surface area contributed by atoms with Crippen LogP contribution >= 0.6 is 0 Å². The largest absolute Gasteiger partial charge is 0.354 e. The van der Waals surface area contributed by atoms with Gasteiger partial charge in [-0.1, -0.05) is 0 Å². The first-order chi connectivity index (χ1) is 49.0. The van der Waals surface area contributed by atoms with E-state index < -0.39 is 308 Å². The zero-order chi connectivity index (χ0) is 75.6. The number of H-pyrrole nitrogens is 2. The third-order valence-electron chi connectivity index (χ3n) is 16.8. The molecule has 6 nitrogen and oxygen atoms in total. The van der Waals surface area contributed by atoms with Gasteiger partial charge in [0.1, 0.15) is 0 Å². The van der Waals surface area contributed by atoms with Gasteiger partial charge in [0.15, 0.2) is 140 Å². The lowest BCUT2D eigenvalue weighted by Gasteiger charge is -2.18. The molecule has 0 unspecified atom stereocenters. The van der Waals surface area contributed by atoms with Crippen LogP contribution in [0.15, 0.2) is 94.2 Å². The van der Waals surface area contributed by atoms with Crippen LogP contribution < -0.4 is 21.4 Å². The summed E-state index contributed by atoms with van der Waals surface area (Å²) in [4.78, 5) is 12.2. The first kappa shape index (κ1) is 70.6. The van der Waals surface area contributed by atoms with Crippen LogP contribution in [0.4, 0.5) is 132 Å². The molecule has 13 rings (SSSR count). The first-order valence-electron chi connectivity index (χ1n) is 28.3. The minimum absolute atomic E-state index is 0.335. The lowest BCUT2D eigenvalue weighted by atomic mass is 9.98. The summed E-state index contributed by atoms with van der Waals surface area (Å²) in [5, 5.41) is -4.92. The molecule has 0 saturated heterocycles. The van der Waals surface area contributed by atoms with Crippen molar-refractivity contribution in [3.05, 3.63) is 336 Å². The fourth-order valence-corrected chi connectivity index (χ4v) is 12.0. The third kappa shape index (κ3) is 10.1. The molecule has 4 aromatic heterocycles. The molecule has 12 bridgehead atoms. The van der Waals surface area contributed by atoms with Crippen molar-refractivity contribution < 1.29 is 132 Å². The van der Waals surface area contributed by atoms with Crippen LogP contribution in [-0.2, 0) is 14.1 Å². The molecule has 36 heteroatoms. The summed E-state index contributed by atoms with van der Waals surface area (Å²) in [6.45, 7) is 0. The normalized spacial score (nSPS) is 14.0. The van der Waals surface area contributed by atoms with Gasteiger partial charge in [-0.2, -0.15) is 0 Å². The molecule has 0 radical (unpaired) electrons. The topological polar surface area (TPSA) is 66.2 Å². The van der Waals surface area contributed by atoms with Gasteiger partial charge in [0.25, 0.3) is 0 Å². The van der Waals surface area contributed by atoms with Crippen LogP contribution in [0.25, 0.3) is 33.4 Å². The molecule has 0 spiro atoms. The molecule has 532 valence electrons. The Bertz CT molecular complexity index is 5590. The van der Waals surface area contributed by atoms with E-state index in [-0.39, 0.29) is 0 Å². The number of nitrogens with zero attached hydrogens (tertiary/aromatic N) is 4. The number of rotatable bonds is 6. The second-order valence-corrected chi connectivity index (χ2v) is 22.2. The standard InChI is InChI=1S/C68H20F30N6/c1-103-23-11-12-24(103)30(36-45(75)57(87)66(96)58(88)46(36)76)20-8-4-16(100-20)28(34-41(71)53(83)64(94)54(84)42(34)72)18-6-10-22(102-18)32(38-49(79)61(91)68(98)62(92)50(38)80)26-14-13-25(104(26)2)31(37-47(77)59(89)67(97)60(90)48(37)78)21-9-5-17(101-21)27(33-39(69)51(81)63(93)52(82)40(33)70)15-3-7-19(99-15)29(23)35-43(73)55(85)65(95)56(86)44(35)74/h3-14,99,102H,1-2H3. The van der Waals surface area contributed by atoms with Crippen molar-refractivity contribution >= 4 is 44.9 Å². The summed E-state index contributed by atoms with van der Waals surface area (Å²) in [5.74, 6) is -85.5. The molecular weight excluding hydrogens is 1470 g/mol. The Morgan fingerprint density at radius 3 is 0.577 bits per heavy atom. The van der Waals surface area contributed by atoms with E-state index in [1.54, 1.807) is 0 Å². The summed E-state index contributed by atoms with van der Waals surface area (Å²) in [5.41, 5.74) is -32.1. The maximum atomic E-state index is 16.6. The summed E-state index contributed by atoms with van der Waals surface area (Å²) >= 11 is 0. The highest BCUT2D eigenvalue weighted by atomic mass is 19.2. The predicted molar refractivity (Wildman–Crippen MR) is 302 cm³/mol. The van der Waals surface area contributed by atoms with E-state index in [0.717, 1.165) is 0 Å². The van der Waals surface area contributed by atoms with Crippen LogP contribution in [-0.4, -0.2) is 30.5 Å². The molecule has 3 aliphatic rings. The summed E-state index contributed by atoms with van der Waals surface area (Å²) in [6, 6.07) is 3.59. The third-order valence-corrected chi connectivity index (χ3v) is 16.8. The number of benzene rings is 6. The SMILES string of the molecule is Cn1c2ccc1C(c1c(F)c(F)c(F)c(F)c1F)=c1ccc([nH]1)=C(c1c(F)c(F)c(F)c(F)c1F)C1=NC(=C(c3c(F)c(F)c(F)c(F)c3F)c3ccc(n3C)C(c3c(F)c(F)c(F)c(F)c3F)=c3ccc([nH]3)=C(c3c(F)c(F)c(F)c(F)c3F)C3=NC(=C2c2c(F)c(F)c(F)c(F)c2F)C=C3)C=C1. The van der Waals surface area contributed by atoms with E-state index in [1.807, 2.05) is 0 Å². The highest BCUT2D eigenvalue weighted by Gasteiger charge is 2.40. The zero-order valence-electron chi connectivity index (χ0n) is 50.1. The smallest absolute Gasteiger partial charge is 0.200 e. The van der Waals surface area contributed by atoms with E-state index in [2.05, 4.69) is 20.0 Å². The maximum Gasteiger partial charge on any atom is 0.200 e. The Kier molecular flexibility index (Phi) is 16.9. The summed E-state index contributed by atoms with van der Waals surface area (Å²) in [7, 11) is 1.20. The fourth-order valence-electron chi connectivity index (χ4n) is 12.0. The van der Waals surface area contributed by atoms with Gasteiger partial charge in [-0.25, -0.2) is 142 Å². The second kappa shape index (κ2) is 25.0. The Morgan fingerprint density at radius 1 is 0.202 bits per heavy atom. The van der Waals surface area contributed by atoms with Crippen molar-refractivity contribution in [2.75, 3.05) is 0 Å². The Morgan fingerprint density at radius 2 is 0.365 bits per heavy atom. The van der Waals surface area contributed by atoms with E-state index in [1.165, 1.54) is 0 Å². The van der Waals surface area contributed by atoms with Crippen molar-refractivity contribution in [2.45, 2.75) is 0 Å². The average Bonchev–Trinajstić information content (AvgIpc) is 1.58. The molecule has 0 saturated carbocycles. The van der Waals surface area contributed by atoms with Gasteiger partial charge in [0, 0.05) is 68.9 Å². The van der Waals surface area contributed by atoms with Crippen LogP contribution in [0.5, 0.6) is 0 Å². The van der Waals surface area contributed by atoms with Crippen molar-refractivity contribution in [3.63, 3.8) is 0 Å². The molecule has 0 amide bonds. The highest BCUT2D eigenvalue weighted by Crippen LogP contribution is 2.44. The minimum Gasteiger partial charge on any atom is -0.354 e. The van der Waals surface area contributed by atoms with Crippen molar-refractivity contribution in [1.82, 2.24) is 19.1 Å². The second-order valence-electron chi connectivity index (χ2n) is 22.2. The van der Waals surface area contributed by atoms with E-state index >= 15 is 105 Å². The Labute approximate surface area is 554 Å². The van der Waals surface area contributed by atoms with Crippen molar-refractivity contribution in [1.29, 1.82) is 0 Å². The molecule has 104 heavy (non-hydrogen) atoms. The maximum absolute atomic E-state index is 16.6. The van der Waals surface area contributed by atoms with Crippen LogP contribution in [0.2, 0.25) is 0 Å². The van der Waals surface area contributed by atoms with Crippen LogP contribution in [0.1, 0.15) is 56.2 Å². The van der Waals surface area contributed by atoms with Crippen LogP contribution in [0.3, 0.4) is 0 Å². The molecule has 7 heterocycles. The van der Waals surface area contributed by atoms with Gasteiger partial charge in [-0.05, 0) is 72.8 Å². The number of halogens is 30. The van der Waals surface area contributed by atoms with E-state index in [9.17, 15) is 26.3 Å². The monoisotopic (exact) mass is 1490 g/mol. The highest BCUT2D eigenvalue weighted by molar-refractivity contribution is 6.31. The zero-order valence-corrected chi connectivity index (χ0v) is 50.1. The molecule has 3 aliphatic heterocycles. The fraction of sp³-hybridized carbons (Fsp3) is 0.0294. The molecule has 0 fully saturated rings. The van der Waals surface area contributed by atoms with Gasteiger partial charge in [-0.15, -0.1) is 0 Å². The number of fused-ring (bicyclic) bond motifs is 10. The molecule has 0 aliphatic carbocycles. The first-order valence-corrected chi connectivity index (χ1v) is 28.3. The van der Waals surface area contributed by atoms with Crippen molar-refractivity contribution in [2.24, 2.45) is 24.1 Å². The van der Waals surface area contributed by atoms with E-state index in [0.29, 0.717) is 96.1 Å². The minimum atomic E-state index is -2.91. The quantitative estimate of drug-likeness (QED) is 0.0947. The molecule has 2 N–H and O–H groups in total. The predicted octanol–water partition coefficient (Wildman–Crippen LogP) is 15.3. The molecule has 10 aromatic rings. The average molecular weight is 1490 g/mol. The van der Waals surface area contributed by atoms with Crippen molar-refractivity contribution in [3.8, 4) is 0 Å². The van der Waals surface area contributed by atoms with Crippen LogP contribution in [0, 0.1) is 175 Å². The number of aromatic amines is 2. The number of aliphatic imine (C=N–C) groups is 2. The van der Waals surface area contributed by atoms with Gasteiger partial charge >= 0.3 is 0 Å². The lowest BCUT2D eigenvalue weighted by molar-refractivity contribution is 0.376. The number of allylic oxidation sites excluding steroid dienone is 4. The summed E-state index contributed by atoms with van der Waals surface area (Å²) < 4.78 is 477. The molecule has 0 atom stereocenters. The number of hydrogen-bond acceptors (Lipinski definition) is 2. The van der Waals surface area contributed by atoms with Gasteiger partial charge < -0.3 is 19.1 Å². The van der Waals surface area contributed by atoms with Gasteiger partial charge in [0.05, 0.1) is 79.0 Å².